The second kappa shape index (κ2) is 29.4. The molecule has 0 amide bonds. The zero-order valence-electron chi connectivity index (χ0n) is 74.1. The number of aromatic nitrogens is 12. The van der Waals surface area contributed by atoms with Crippen molar-refractivity contribution in [3.63, 3.8) is 0 Å². The summed E-state index contributed by atoms with van der Waals surface area (Å²) in [5.41, 5.74) is 32.6. The molecule has 0 aliphatic heterocycles. The lowest BCUT2D eigenvalue weighted by Gasteiger charge is -2.14. The molecule has 12 aromatic heterocycles. The van der Waals surface area contributed by atoms with Gasteiger partial charge in [0.2, 0.25) is 5.95 Å². The second-order valence-electron chi connectivity index (χ2n) is 36.2. The van der Waals surface area contributed by atoms with Crippen LogP contribution in [-0.4, -0.2) is 56.8 Å². The average molecular weight is 1760 g/mol. The lowest BCUT2D eigenvalue weighted by atomic mass is 10.0. The molecule has 32 rings (SSSR count). The quantitative estimate of drug-likeness (QED) is 0.150. The zero-order chi connectivity index (χ0) is 90.1. The van der Waals surface area contributed by atoms with Crippen LogP contribution in [-0.2, 0) is 0 Å². The maximum absolute atomic E-state index is 5.39. The van der Waals surface area contributed by atoms with Crippen LogP contribution in [0, 0.1) is 0 Å². The molecule has 32 aromatic rings. The number of benzene rings is 20. The number of hydrogen-bond acceptors (Lipinski definition) is 6. The monoisotopic (exact) mass is 1750 g/mol. The third-order valence-electron chi connectivity index (χ3n) is 29.0. The van der Waals surface area contributed by atoms with Gasteiger partial charge in [0.25, 0.3) is 0 Å². The summed E-state index contributed by atoms with van der Waals surface area (Å²) in [6.07, 6.45) is 0. The number of fused-ring (bicyclic) bond motifs is 18. The maximum atomic E-state index is 5.39. The first-order chi connectivity index (χ1) is 68.5. The first-order valence-corrected chi connectivity index (χ1v) is 47.0. The van der Waals surface area contributed by atoms with Crippen LogP contribution in [0.5, 0.6) is 0 Å². The van der Waals surface area contributed by atoms with E-state index in [-0.39, 0.29) is 0 Å². The van der Waals surface area contributed by atoms with Gasteiger partial charge >= 0.3 is 0 Å². The molecule has 638 valence electrons. The summed E-state index contributed by atoms with van der Waals surface area (Å²) in [5, 5.41) is 23.5. The van der Waals surface area contributed by atoms with Crippen LogP contribution in [0.3, 0.4) is 0 Å². The highest BCUT2D eigenvalue weighted by Gasteiger charge is 2.30. The SMILES string of the molecule is c1ccc(-c2ccc(-c3nc(-n4c5cccc6c7cccc8c9ccccc9n(c9cccc4c9c65)c78)nc4ccccc34)cc2)cc1.c1ccc(-c2ccc(-c3nc4ccccc4nc3-n3c4cccc5c6cccc7c8ccccc8n(c8cccc3c8c54)c67)cc2)cc1.c1ccc(-c2nc3ccccc3nc2-n2c3cccc4c5cccc6c7ccccc7n(c7cccc2c7c43)c56)cc1. The molecule has 0 bridgehead atoms. The normalized spacial score (nSPS) is 12.2. The molecule has 0 saturated carbocycles. The fraction of sp³-hybridized carbons (Fsp3) is 0. The van der Waals surface area contributed by atoms with Crippen molar-refractivity contribution in [1.82, 2.24) is 56.8 Å². The van der Waals surface area contributed by atoms with Crippen LogP contribution < -0.4 is 0 Å². The first kappa shape index (κ1) is 75.8. The van der Waals surface area contributed by atoms with Crippen LogP contribution >= 0.6 is 0 Å². The van der Waals surface area contributed by atoms with E-state index in [1.807, 2.05) is 48.5 Å². The predicted octanol–water partition coefficient (Wildman–Crippen LogP) is 32.0. The van der Waals surface area contributed by atoms with Crippen LogP contribution in [0.25, 0.3) is 286 Å². The number of hydrogen-bond donors (Lipinski definition) is 0. The number of nitrogens with zero attached hydrogens (tertiary/aromatic N) is 12. The van der Waals surface area contributed by atoms with Crippen LogP contribution in [0.15, 0.2) is 449 Å². The van der Waals surface area contributed by atoms with E-state index in [2.05, 4.69) is 427 Å². The lowest BCUT2D eigenvalue weighted by Crippen LogP contribution is -2.03. The van der Waals surface area contributed by atoms with Crippen molar-refractivity contribution in [3.05, 3.63) is 449 Å². The third kappa shape index (κ3) is 10.9. The van der Waals surface area contributed by atoms with Crippen LogP contribution in [0.4, 0.5) is 0 Å². The van der Waals surface area contributed by atoms with Crippen molar-refractivity contribution >= 4 is 213 Å². The first-order valence-electron chi connectivity index (χ1n) is 47.0. The highest BCUT2D eigenvalue weighted by Crippen LogP contribution is 2.51. The van der Waals surface area contributed by atoms with E-state index in [1.165, 1.54) is 169 Å². The minimum absolute atomic E-state index is 0.668. The van der Waals surface area contributed by atoms with Gasteiger partial charge in [0.1, 0.15) is 11.4 Å². The Kier molecular flexibility index (Phi) is 16.1. The largest absolute Gasteiger partial charge is 0.308 e. The molecule has 0 radical (unpaired) electrons. The lowest BCUT2D eigenvalue weighted by molar-refractivity contribution is 1.01. The molecule has 0 unspecified atom stereocenters. The van der Waals surface area contributed by atoms with Gasteiger partial charge in [-0.05, 0) is 142 Å². The van der Waals surface area contributed by atoms with E-state index in [0.717, 1.165) is 111 Å². The molecule has 0 atom stereocenters. The Morgan fingerprint density at radius 1 is 0.130 bits per heavy atom. The summed E-state index contributed by atoms with van der Waals surface area (Å²) in [7, 11) is 0. The summed E-state index contributed by atoms with van der Waals surface area (Å²) in [5.74, 6) is 2.33. The van der Waals surface area contributed by atoms with Crippen LogP contribution in [0.1, 0.15) is 0 Å². The Hall–Kier alpha value is -18.8. The minimum Gasteiger partial charge on any atom is -0.308 e. The zero-order valence-corrected chi connectivity index (χ0v) is 74.1. The summed E-state index contributed by atoms with van der Waals surface area (Å²) in [6.45, 7) is 0. The molecule has 20 aromatic carbocycles. The highest BCUT2D eigenvalue weighted by molar-refractivity contribution is 6.35. The van der Waals surface area contributed by atoms with Gasteiger partial charge in [0, 0.05) is 103 Å². The molecule has 12 nitrogen and oxygen atoms in total. The standard InChI is InChI=1S/2C44H26N4.C38H22N4/c1-2-11-27(12-3-1)28-23-25-29(26-24-28)42-44(46-35-18-6-5-17-34(35)45-42)48-37-20-9-14-31-33-16-8-15-32-30-13-4-7-19-36(30)47(43(32)33)38-21-10-22-39(48)41(38)40(31)37;1-2-11-27(12-3-1)28-23-25-29(26-24-28)42-34-14-4-6-18-35(34)45-44(46-42)48-37-20-9-15-31-33-17-8-16-32-30-13-5-7-19-36(30)47(43(32)33)38-21-10-22-39(48)41(38)40(31)37;1-2-11-23(12-3-1)36-38(40-29-18-6-5-17-28(29)39-36)42-31-20-9-14-25-27-16-8-15-26-24-13-4-7-19-30(24)41(37(26)27)32-21-10-22-33(42)35(32)34(25)31/h2*1-26H;1-22H. The smallest absolute Gasteiger partial charge is 0.235 e. The molecule has 138 heavy (non-hydrogen) atoms. The molecular weight excluding hydrogens is 1680 g/mol. The Balaban J connectivity index is 0.0000000981. The summed E-state index contributed by atoms with van der Waals surface area (Å²) < 4.78 is 14.3. The van der Waals surface area contributed by atoms with E-state index in [9.17, 15) is 0 Å². The van der Waals surface area contributed by atoms with Crippen molar-refractivity contribution in [2.24, 2.45) is 0 Å². The topological polar surface area (TPSA) is 105 Å². The summed E-state index contributed by atoms with van der Waals surface area (Å²) >= 11 is 0. The average Bonchev–Trinajstić information content (AvgIpc) is 1.53. The van der Waals surface area contributed by atoms with E-state index < -0.39 is 0 Å². The summed E-state index contributed by atoms with van der Waals surface area (Å²) in [6, 6.07) is 160. The second-order valence-corrected chi connectivity index (χ2v) is 36.2. The molecule has 0 saturated heterocycles. The van der Waals surface area contributed by atoms with Gasteiger partial charge in [-0.1, -0.05) is 346 Å². The van der Waals surface area contributed by atoms with Crippen molar-refractivity contribution in [2.75, 3.05) is 0 Å². The van der Waals surface area contributed by atoms with E-state index >= 15 is 0 Å². The summed E-state index contributed by atoms with van der Waals surface area (Å²) in [4.78, 5) is 31.8. The maximum Gasteiger partial charge on any atom is 0.235 e. The fourth-order valence-corrected chi connectivity index (χ4v) is 23.2. The predicted molar refractivity (Wildman–Crippen MR) is 573 cm³/mol. The van der Waals surface area contributed by atoms with Gasteiger partial charge in [-0.15, -0.1) is 0 Å². The fourth-order valence-electron chi connectivity index (χ4n) is 23.2. The van der Waals surface area contributed by atoms with Crippen molar-refractivity contribution in [3.8, 4) is 73.6 Å². The third-order valence-corrected chi connectivity index (χ3v) is 29.0. The van der Waals surface area contributed by atoms with E-state index in [0.29, 0.717) is 5.95 Å². The van der Waals surface area contributed by atoms with Gasteiger partial charge in [-0.2, -0.15) is 0 Å². The number of rotatable bonds is 8. The van der Waals surface area contributed by atoms with Crippen molar-refractivity contribution < 1.29 is 0 Å². The molecule has 0 fully saturated rings. The van der Waals surface area contributed by atoms with Gasteiger partial charge in [-0.25, -0.2) is 29.9 Å². The van der Waals surface area contributed by atoms with E-state index in [1.54, 1.807) is 0 Å². The van der Waals surface area contributed by atoms with Gasteiger partial charge in [0.15, 0.2) is 11.6 Å². The van der Waals surface area contributed by atoms with E-state index in [4.69, 9.17) is 29.9 Å². The van der Waals surface area contributed by atoms with Gasteiger partial charge in [0.05, 0.1) is 116 Å². The molecule has 0 aliphatic rings. The number of para-hydroxylation sites is 11. The van der Waals surface area contributed by atoms with Crippen LogP contribution in [0.2, 0.25) is 0 Å². The molecule has 12 heterocycles. The van der Waals surface area contributed by atoms with Crippen molar-refractivity contribution in [2.45, 2.75) is 0 Å². The Morgan fingerprint density at radius 2 is 0.370 bits per heavy atom. The Labute approximate surface area is 786 Å². The molecular formula is C126H74N12. The molecule has 0 spiro atoms. The Bertz CT molecular complexity index is 10700. The molecule has 0 aliphatic carbocycles. The van der Waals surface area contributed by atoms with Gasteiger partial charge < -0.3 is 13.2 Å². The minimum atomic E-state index is 0.668. The Morgan fingerprint density at radius 3 is 0.761 bits per heavy atom. The van der Waals surface area contributed by atoms with Gasteiger partial charge in [-0.3, -0.25) is 13.7 Å². The van der Waals surface area contributed by atoms with Crippen molar-refractivity contribution in [1.29, 1.82) is 0 Å². The molecule has 0 N–H and O–H groups in total. The molecule has 12 heteroatoms. The highest BCUT2D eigenvalue weighted by atomic mass is 15.2.